The summed E-state index contributed by atoms with van der Waals surface area (Å²) in [6.07, 6.45) is 0.441. The van der Waals surface area contributed by atoms with Gasteiger partial charge < -0.3 is 5.11 Å². The van der Waals surface area contributed by atoms with Crippen LogP contribution >= 0.6 is 0 Å². The average molecular weight is 225 g/mol. The third kappa shape index (κ3) is 2.79. The maximum atomic E-state index is 13.3. The number of aliphatic carboxylic acids is 1. The van der Waals surface area contributed by atoms with E-state index < -0.39 is 11.5 Å². The minimum Gasteiger partial charge on any atom is -0.480 e. The van der Waals surface area contributed by atoms with E-state index in [1.54, 1.807) is 32.0 Å². The van der Waals surface area contributed by atoms with Gasteiger partial charge in [0.25, 0.3) is 0 Å². The van der Waals surface area contributed by atoms with E-state index in [-0.39, 0.29) is 12.4 Å². The number of halogens is 1. The second kappa shape index (κ2) is 5.07. The Morgan fingerprint density at radius 2 is 2.12 bits per heavy atom. The topological polar surface area (TPSA) is 49.3 Å². The van der Waals surface area contributed by atoms with Gasteiger partial charge in [-0.25, -0.2) is 4.39 Å². The second-order valence-corrected chi connectivity index (χ2v) is 3.94. The Kier molecular flexibility index (Phi) is 4.01. The lowest BCUT2D eigenvalue weighted by Gasteiger charge is -2.24. The highest BCUT2D eigenvalue weighted by molar-refractivity contribution is 5.78. The van der Waals surface area contributed by atoms with E-state index in [4.69, 9.17) is 5.11 Å². The van der Waals surface area contributed by atoms with Crippen molar-refractivity contribution < 1.29 is 14.3 Å². The number of nitrogens with one attached hydrogen (secondary N) is 1. The van der Waals surface area contributed by atoms with Gasteiger partial charge in [0.1, 0.15) is 11.4 Å². The van der Waals surface area contributed by atoms with Crippen molar-refractivity contribution in [3.05, 3.63) is 35.6 Å². The average Bonchev–Trinajstić information content (AvgIpc) is 2.27. The van der Waals surface area contributed by atoms with E-state index in [1.165, 1.54) is 6.07 Å². The standard InChI is InChI=1S/C12H16FNO2/c1-3-12(2,11(15)16)14-8-9-6-4-5-7-10(9)13/h4-7,14H,3,8H2,1-2H3,(H,15,16). The predicted octanol–water partition coefficient (Wildman–Crippen LogP) is 2.17. The summed E-state index contributed by atoms with van der Waals surface area (Å²) in [5.41, 5.74) is -0.536. The first kappa shape index (κ1) is 12.6. The van der Waals surface area contributed by atoms with Crippen molar-refractivity contribution in [3.8, 4) is 0 Å². The molecule has 0 saturated heterocycles. The molecule has 16 heavy (non-hydrogen) atoms. The van der Waals surface area contributed by atoms with E-state index in [2.05, 4.69) is 5.32 Å². The van der Waals surface area contributed by atoms with E-state index in [1.807, 2.05) is 0 Å². The Morgan fingerprint density at radius 3 is 2.62 bits per heavy atom. The van der Waals surface area contributed by atoms with Gasteiger partial charge in [-0.05, 0) is 19.4 Å². The van der Waals surface area contributed by atoms with Crippen molar-refractivity contribution in [2.45, 2.75) is 32.4 Å². The molecular formula is C12H16FNO2. The zero-order valence-electron chi connectivity index (χ0n) is 9.46. The fourth-order valence-electron chi connectivity index (χ4n) is 1.28. The first-order valence-electron chi connectivity index (χ1n) is 5.21. The Balaban J connectivity index is 2.71. The van der Waals surface area contributed by atoms with Crippen LogP contribution in [-0.4, -0.2) is 16.6 Å². The lowest BCUT2D eigenvalue weighted by molar-refractivity contribution is -0.144. The van der Waals surface area contributed by atoms with Crippen molar-refractivity contribution in [2.75, 3.05) is 0 Å². The molecule has 0 spiro atoms. The third-order valence-electron chi connectivity index (χ3n) is 2.81. The van der Waals surface area contributed by atoms with Gasteiger partial charge >= 0.3 is 5.97 Å². The Hall–Kier alpha value is -1.42. The van der Waals surface area contributed by atoms with Crippen LogP contribution in [0.15, 0.2) is 24.3 Å². The summed E-state index contributed by atoms with van der Waals surface area (Å²) in [5, 5.41) is 11.9. The third-order valence-corrected chi connectivity index (χ3v) is 2.81. The first-order valence-corrected chi connectivity index (χ1v) is 5.21. The van der Waals surface area contributed by atoms with E-state index in [9.17, 15) is 9.18 Å². The molecule has 1 aromatic carbocycles. The van der Waals surface area contributed by atoms with Gasteiger partial charge in [-0.2, -0.15) is 0 Å². The highest BCUT2D eigenvalue weighted by atomic mass is 19.1. The van der Waals surface area contributed by atoms with Gasteiger partial charge in [-0.3, -0.25) is 10.1 Å². The Morgan fingerprint density at radius 1 is 1.50 bits per heavy atom. The first-order chi connectivity index (χ1) is 7.49. The van der Waals surface area contributed by atoms with Crippen molar-refractivity contribution in [1.82, 2.24) is 5.32 Å². The molecule has 1 unspecified atom stereocenters. The normalized spacial score (nSPS) is 14.4. The van der Waals surface area contributed by atoms with Gasteiger partial charge in [0.15, 0.2) is 0 Å². The van der Waals surface area contributed by atoms with E-state index in [0.717, 1.165) is 0 Å². The summed E-state index contributed by atoms with van der Waals surface area (Å²) in [4.78, 5) is 11.0. The lowest BCUT2D eigenvalue weighted by Crippen LogP contribution is -2.48. The number of benzene rings is 1. The van der Waals surface area contributed by atoms with Crippen LogP contribution in [0.3, 0.4) is 0 Å². The Bertz CT molecular complexity index is 381. The molecule has 3 nitrogen and oxygen atoms in total. The molecule has 0 aliphatic carbocycles. The fraction of sp³-hybridized carbons (Fsp3) is 0.417. The van der Waals surface area contributed by atoms with Crippen LogP contribution in [0, 0.1) is 5.82 Å². The molecule has 0 fully saturated rings. The maximum Gasteiger partial charge on any atom is 0.323 e. The molecule has 4 heteroatoms. The molecule has 0 radical (unpaired) electrons. The van der Waals surface area contributed by atoms with Crippen LogP contribution in [-0.2, 0) is 11.3 Å². The van der Waals surface area contributed by atoms with Crippen LogP contribution in [0.1, 0.15) is 25.8 Å². The fourth-order valence-corrected chi connectivity index (χ4v) is 1.28. The summed E-state index contributed by atoms with van der Waals surface area (Å²) in [6, 6.07) is 6.33. The molecule has 0 aliphatic rings. The molecule has 1 aromatic rings. The van der Waals surface area contributed by atoms with E-state index in [0.29, 0.717) is 12.0 Å². The molecule has 88 valence electrons. The zero-order chi connectivity index (χ0) is 12.2. The molecule has 0 heterocycles. The van der Waals surface area contributed by atoms with Crippen molar-refractivity contribution in [1.29, 1.82) is 0 Å². The number of carbonyl (C=O) groups is 1. The summed E-state index contributed by atoms with van der Waals surface area (Å²) in [7, 11) is 0. The van der Waals surface area contributed by atoms with Crippen LogP contribution in [0.5, 0.6) is 0 Å². The molecule has 1 atom stereocenters. The minimum absolute atomic E-state index is 0.212. The van der Waals surface area contributed by atoms with Gasteiger partial charge in [-0.1, -0.05) is 25.1 Å². The molecular weight excluding hydrogens is 209 g/mol. The monoisotopic (exact) mass is 225 g/mol. The minimum atomic E-state index is -1.01. The molecule has 0 aromatic heterocycles. The summed E-state index contributed by atoms with van der Waals surface area (Å²) in [6.45, 7) is 3.59. The molecule has 0 aliphatic heterocycles. The quantitative estimate of drug-likeness (QED) is 0.807. The van der Waals surface area contributed by atoms with Gasteiger partial charge in [-0.15, -0.1) is 0 Å². The molecule has 0 amide bonds. The van der Waals surface area contributed by atoms with Crippen LogP contribution in [0.4, 0.5) is 4.39 Å². The smallest absolute Gasteiger partial charge is 0.323 e. The molecule has 0 bridgehead atoms. The lowest BCUT2D eigenvalue weighted by atomic mass is 9.99. The highest BCUT2D eigenvalue weighted by Crippen LogP contribution is 2.12. The van der Waals surface area contributed by atoms with Gasteiger partial charge in [0.05, 0.1) is 0 Å². The summed E-state index contributed by atoms with van der Waals surface area (Å²) in [5.74, 6) is -1.25. The molecule has 2 N–H and O–H groups in total. The Labute approximate surface area is 94.3 Å². The highest BCUT2D eigenvalue weighted by Gasteiger charge is 2.30. The van der Waals surface area contributed by atoms with Crippen LogP contribution in [0.2, 0.25) is 0 Å². The largest absolute Gasteiger partial charge is 0.480 e. The van der Waals surface area contributed by atoms with Gasteiger partial charge in [0.2, 0.25) is 0 Å². The summed E-state index contributed by atoms with van der Waals surface area (Å²) >= 11 is 0. The second-order valence-electron chi connectivity index (χ2n) is 3.94. The van der Waals surface area contributed by atoms with Crippen molar-refractivity contribution in [2.24, 2.45) is 0 Å². The number of hydrogen-bond acceptors (Lipinski definition) is 2. The van der Waals surface area contributed by atoms with Crippen molar-refractivity contribution in [3.63, 3.8) is 0 Å². The summed E-state index contributed by atoms with van der Waals surface area (Å²) < 4.78 is 13.3. The van der Waals surface area contributed by atoms with Crippen LogP contribution in [0.25, 0.3) is 0 Å². The van der Waals surface area contributed by atoms with Crippen molar-refractivity contribution >= 4 is 5.97 Å². The number of carboxylic acid groups (broad SMARTS) is 1. The SMILES string of the molecule is CCC(C)(NCc1ccccc1F)C(=O)O. The zero-order valence-corrected chi connectivity index (χ0v) is 9.46. The maximum absolute atomic E-state index is 13.3. The molecule has 1 rings (SSSR count). The molecule has 0 saturated carbocycles. The number of carboxylic acids is 1. The predicted molar refractivity (Wildman–Crippen MR) is 59.6 cm³/mol. The number of hydrogen-bond donors (Lipinski definition) is 2. The van der Waals surface area contributed by atoms with Gasteiger partial charge in [0, 0.05) is 12.1 Å². The van der Waals surface area contributed by atoms with E-state index >= 15 is 0 Å². The number of rotatable bonds is 5. The van der Waals surface area contributed by atoms with Crippen LogP contribution < -0.4 is 5.32 Å².